The lowest BCUT2D eigenvalue weighted by molar-refractivity contribution is 0.243. The lowest BCUT2D eigenvalue weighted by Gasteiger charge is -2.02. The van der Waals surface area contributed by atoms with Crippen LogP contribution in [0.5, 0.6) is 0 Å². The topological polar surface area (TPSA) is 9.23 Å². The van der Waals surface area contributed by atoms with Crippen LogP contribution >= 0.6 is 0 Å². The molecule has 1 nitrogen and oxygen atoms in total. The SMILES string of the molecule is CCCCCCCCCCCCOC=Cc1ccccc1. The average molecular weight is 288 g/mol. The molecule has 0 aliphatic rings. The van der Waals surface area contributed by atoms with E-state index in [4.69, 9.17) is 4.74 Å². The Balaban J connectivity index is 1.82. The number of benzene rings is 1. The zero-order chi connectivity index (χ0) is 15.0. The molecule has 0 bridgehead atoms. The van der Waals surface area contributed by atoms with Gasteiger partial charge in [-0.15, -0.1) is 0 Å². The highest BCUT2D eigenvalue weighted by atomic mass is 16.5. The molecule has 0 saturated carbocycles. The Morgan fingerprint density at radius 3 is 1.95 bits per heavy atom. The molecule has 1 aromatic rings. The highest BCUT2D eigenvalue weighted by Gasteiger charge is 1.92. The standard InChI is InChI=1S/C20H32O/c1-2-3-4-5-6-7-8-9-10-14-18-21-19-17-20-15-12-11-13-16-20/h11-13,15-17,19H,2-10,14,18H2,1H3. The van der Waals surface area contributed by atoms with Gasteiger partial charge in [0.2, 0.25) is 0 Å². The van der Waals surface area contributed by atoms with E-state index in [2.05, 4.69) is 19.1 Å². The maximum absolute atomic E-state index is 5.53. The van der Waals surface area contributed by atoms with Crippen molar-refractivity contribution in [1.29, 1.82) is 0 Å². The second-order valence-electron chi connectivity index (χ2n) is 5.77. The molecule has 0 spiro atoms. The molecule has 118 valence electrons. The van der Waals surface area contributed by atoms with Crippen LogP contribution < -0.4 is 0 Å². The van der Waals surface area contributed by atoms with Crippen molar-refractivity contribution in [2.45, 2.75) is 71.1 Å². The van der Waals surface area contributed by atoms with E-state index in [-0.39, 0.29) is 0 Å². The molecule has 1 rings (SSSR count). The Bertz CT molecular complexity index is 342. The number of unbranched alkanes of at least 4 members (excludes halogenated alkanes) is 9. The van der Waals surface area contributed by atoms with Gasteiger partial charge in [-0.1, -0.05) is 95.0 Å². The van der Waals surface area contributed by atoms with Gasteiger partial charge >= 0.3 is 0 Å². The highest BCUT2D eigenvalue weighted by molar-refractivity contribution is 5.47. The van der Waals surface area contributed by atoms with Crippen molar-refractivity contribution in [2.75, 3.05) is 6.61 Å². The summed E-state index contributed by atoms with van der Waals surface area (Å²) in [6.07, 6.45) is 17.5. The molecule has 0 amide bonds. The van der Waals surface area contributed by atoms with Crippen LogP contribution in [0.15, 0.2) is 36.6 Å². The van der Waals surface area contributed by atoms with E-state index in [1.54, 1.807) is 0 Å². The summed E-state index contributed by atoms with van der Waals surface area (Å²) in [6, 6.07) is 10.3. The molecule has 1 aromatic carbocycles. The number of ether oxygens (including phenoxy) is 1. The monoisotopic (exact) mass is 288 g/mol. The van der Waals surface area contributed by atoms with Gasteiger partial charge in [-0.05, 0) is 18.1 Å². The zero-order valence-corrected chi connectivity index (χ0v) is 13.7. The van der Waals surface area contributed by atoms with Crippen molar-refractivity contribution in [3.05, 3.63) is 42.2 Å². The van der Waals surface area contributed by atoms with Crippen molar-refractivity contribution >= 4 is 6.08 Å². The van der Waals surface area contributed by atoms with Crippen LogP contribution in [0.2, 0.25) is 0 Å². The van der Waals surface area contributed by atoms with E-state index in [1.165, 1.54) is 69.8 Å². The molecule has 21 heavy (non-hydrogen) atoms. The highest BCUT2D eigenvalue weighted by Crippen LogP contribution is 2.10. The third-order valence-electron chi connectivity index (χ3n) is 3.77. The molecule has 0 N–H and O–H groups in total. The number of hydrogen-bond donors (Lipinski definition) is 0. The van der Waals surface area contributed by atoms with Gasteiger partial charge in [0.05, 0.1) is 12.9 Å². The van der Waals surface area contributed by atoms with Crippen LogP contribution in [-0.4, -0.2) is 6.61 Å². The lowest BCUT2D eigenvalue weighted by Crippen LogP contribution is -1.88. The fraction of sp³-hybridized carbons (Fsp3) is 0.600. The fourth-order valence-corrected chi connectivity index (χ4v) is 2.43. The Kier molecular flexibility index (Phi) is 11.6. The molecule has 0 aliphatic heterocycles. The zero-order valence-electron chi connectivity index (χ0n) is 13.7. The van der Waals surface area contributed by atoms with E-state index in [0.29, 0.717) is 0 Å². The summed E-state index contributed by atoms with van der Waals surface area (Å²) in [6.45, 7) is 3.12. The smallest absolute Gasteiger partial charge is 0.0873 e. The first-order chi connectivity index (χ1) is 10.4. The van der Waals surface area contributed by atoms with Crippen molar-refractivity contribution in [1.82, 2.24) is 0 Å². The van der Waals surface area contributed by atoms with Gasteiger partial charge in [0.25, 0.3) is 0 Å². The lowest BCUT2D eigenvalue weighted by atomic mass is 10.1. The summed E-state index contributed by atoms with van der Waals surface area (Å²) in [4.78, 5) is 0. The van der Waals surface area contributed by atoms with Crippen LogP contribution in [0.1, 0.15) is 76.7 Å². The quantitative estimate of drug-likeness (QED) is 0.294. The van der Waals surface area contributed by atoms with Crippen LogP contribution in [0.3, 0.4) is 0 Å². The minimum atomic E-state index is 0.847. The number of hydrogen-bond acceptors (Lipinski definition) is 1. The molecular formula is C20H32O. The molecule has 0 heterocycles. The second kappa shape index (κ2) is 13.7. The second-order valence-corrected chi connectivity index (χ2v) is 5.77. The first-order valence-electron chi connectivity index (χ1n) is 8.76. The first kappa shape index (κ1) is 17.8. The summed E-state index contributed by atoms with van der Waals surface area (Å²) < 4.78 is 5.53. The molecule has 0 unspecified atom stereocenters. The van der Waals surface area contributed by atoms with Gasteiger partial charge in [-0.25, -0.2) is 0 Å². The molecule has 1 heteroatoms. The van der Waals surface area contributed by atoms with Crippen molar-refractivity contribution in [2.24, 2.45) is 0 Å². The third-order valence-corrected chi connectivity index (χ3v) is 3.77. The molecule has 0 fully saturated rings. The largest absolute Gasteiger partial charge is 0.501 e. The summed E-state index contributed by atoms with van der Waals surface area (Å²) in [5.74, 6) is 0. The van der Waals surface area contributed by atoms with Gasteiger partial charge in [0.15, 0.2) is 0 Å². The minimum absolute atomic E-state index is 0.847. The van der Waals surface area contributed by atoms with Crippen LogP contribution in [-0.2, 0) is 4.74 Å². The van der Waals surface area contributed by atoms with E-state index >= 15 is 0 Å². The van der Waals surface area contributed by atoms with Gasteiger partial charge in [0, 0.05) is 0 Å². The fourth-order valence-electron chi connectivity index (χ4n) is 2.43. The van der Waals surface area contributed by atoms with Crippen molar-refractivity contribution < 1.29 is 4.74 Å². The van der Waals surface area contributed by atoms with Crippen molar-refractivity contribution in [3.63, 3.8) is 0 Å². The Labute approximate surface area is 131 Å². The maximum atomic E-state index is 5.53. The molecule has 0 radical (unpaired) electrons. The van der Waals surface area contributed by atoms with Crippen LogP contribution in [0, 0.1) is 0 Å². The normalized spacial score (nSPS) is 11.1. The van der Waals surface area contributed by atoms with Crippen LogP contribution in [0.25, 0.3) is 6.08 Å². The predicted octanol–water partition coefficient (Wildman–Crippen LogP) is 6.59. The first-order valence-corrected chi connectivity index (χ1v) is 8.76. The van der Waals surface area contributed by atoms with Crippen LogP contribution in [0.4, 0.5) is 0 Å². The van der Waals surface area contributed by atoms with E-state index in [9.17, 15) is 0 Å². The summed E-state index contributed by atoms with van der Waals surface area (Å²) in [7, 11) is 0. The third kappa shape index (κ3) is 11.1. The van der Waals surface area contributed by atoms with Gasteiger partial charge in [-0.2, -0.15) is 0 Å². The van der Waals surface area contributed by atoms with Gasteiger partial charge in [-0.3, -0.25) is 0 Å². The van der Waals surface area contributed by atoms with Crippen molar-refractivity contribution in [3.8, 4) is 0 Å². The number of rotatable bonds is 13. The Morgan fingerprint density at radius 1 is 0.762 bits per heavy atom. The van der Waals surface area contributed by atoms with E-state index in [1.807, 2.05) is 30.5 Å². The van der Waals surface area contributed by atoms with E-state index in [0.717, 1.165) is 6.61 Å². The van der Waals surface area contributed by atoms with E-state index < -0.39 is 0 Å². The van der Waals surface area contributed by atoms with Gasteiger partial charge in [0.1, 0.15) is 0 Å². The summed E-state index contributed by atoms with van der Waals surface area (Å²) in [5, 5.41) is 0. The molecule has 0 aliphatic carbocycles. The minimum Gasteiger partial charge on any atom is -0.501 e. The Morgan fingerprint density at radius 2 is 1.33 bits per heavy atom. The maximum Gasteiger partial charge on any atom is 0.0873 e. The molecule has 0 saturated heterocycles. The summed E-state index contributed by atoms with van der Waals surface area (Å²) in [5.41, 5.74) is 1.19. The Hall–Kier alpha value is -1.24. The summed E-state index contributed by atoms with van der Waals surface area (Å²) >= 11 is 0. The predicted molar refractivity (Wildman–Crippen MR) is 93.3 cm³/mol. The average Bonchev–Trinajstić information content (AvgIpc) is 2.53. The molecule has 0 aromatic heterocycles. The molecule has 0 atom stereocenters. The molecular weight excluding hydrogens is 256 g/mol. The van der Waals surface area contributed by atoms with Gasteiger partial charge < -0.3 is 4.74 Å².